The molecule has 9 heteroatoms. The minimum atomic E-state index is -0.762. The van der Waals surface area contributed by atoms with Gasteiger partial charge in [-0.25, -0.2) is 9.59 Å². The van der Waals surface area contributed by atoms with Gasteiger partial charge in [0.2, 0.25) is 0 Å². The van der Waals surface area contributed by atoms with Gasteiger partial charge < -0.3 is 14.8 Å². The number of benzene rings is 1. The average Bonchev–Trinajstić information content (AvgIpc) is 2.82. The number of carbonyl (C=O) groups excluding carboxylic acids is 3. The Hall–Kier alpha value is -2.84. The molecule has 0 bridgehead atoms. The summed E-state index contributed by atoms with van der Waals surface area (Å²) in [5.41, 5.74) is 1.46. The summed E-state index contributed by atoms with van der Waals surface area (Å²) in [7, 11) is 0. The van der Waals surface area contributed by atoms with Crippen LogP contribution in [-0.4, -0.2) is 67.2 Å². The molecule has 34 heavy (non-hydrogen) atoms. The van der Waals surface area contributed by atoms with E-state index >= 15 is 0 Å². The van der Waals surface area contributed by atoms with Crippen LogP contribution in [0.15, 0.2) is 48.2 Å². The van der Waals surface area contributed by atoms with Crippen molar-refractivity contribution in [2.24, 2.45) is 5.92 Å². The van der Waals surface area contributed by atoms with Crippen molar-refractivity contribution in [3.8, 4) is 0 Å². The minimum absolute atomic E-state index is 0.189. The normalized spacial score (nSPS) is 21.1. The van der Waals surface area contributed by atoms with Crippen LogP contribution in [0.2, 0.25) is 5.02 Å². The lowest BCUT2D eigenvalue weighted by Crippen LogP contribution is -2.52. The molecule has 2 aliphatic heterocycles. The van der Waals surface area contributed by atoms with Gasteiger partial charge in [-0.05, 0) is 44.9 Å². The SMILES string of the molecule is C=CCN1C(=O)NC(c2ccccc2Cl)C(C(=O)OCC)=C1CN1CCCC(C(=O)OCC)C1. The standard InChI is InChI=1S/C25H32ClN3O5/c1-4-13-29-20(16-28-14-9-10-17(15-28)23(30)33-5-2)21(24(31)34-6-3)22(27-25(29)32)18-11-7-8-12-19(18)26/h4,7-8,11-12,17,22H,1,5-6,9-10,13-16H2,2-3H3,(H,27,32). The second kappa shape index (κ2) is 12.0. The van der Waals surface area contributed by atoms with Crippen LogP contribution in [0.25, 0.3) is 0 Å². The lowest BCUT2D eigenvalue weighted by molar-refractivity contribution is -0.150. The van der Waals surface area contributed by atoms with Crippen molar-refractivity contribution in [3.63, 3.8) is 0 Å². The summed E-state index contributed by atoms with van der Waals surface area (Å²) in [6.07, 6.45) is 3.17. The number of amides is 2. The number of ether oxygens (including phenoxy) is 2. The molecule has 1 N–H and O–H groups in total. The summed E-state index contributed by atoms with van der Waals surface area (Å²) in [6.45, 7) is 9.55. The van der Waals surface area contributed by atoms with Gasteiger partial charge in [0, 0.05) is 30.4 Å². The third-order valence-electron chi connectivity index (χ3n) is 5.96. The number of urea groups is 1. The van der Waals surface area contributed by atoms with E-state index < -0.39 is 12.0 Å². The molecule has 8 nitrogen and oxygen atoms in total. The molecular formula is C25H32ClN3O5. The molecule has 1 saturated heterocycles. The molecule has 2 unspecified atom stereocenters. The van der Waals surface area contributed by atoms with E-state index in [0.29, 0.717) is 41.6 Å². The molecule has 2 heterocycles. The number of nitrogens with one attached hydrogen (secondary N) is 1. The molecule has 2 amide bonds. The van der Waals surface area contributed by atoms with Crippen LogP contribution in [0, 0.1) is 5.92 Å². The van der Waals surface area contributed by atoms with Crippen molar-refractivity contribution in [1.82, 2.24) is 15.1 Å². The first kappa shape index (κ1) is 25.8. The van der Waals surface area contributed by atoms with Gasteiger partial charge in [0.1, 0.15) is 0 Å². The van der Waals surface area contributed by atoms with Crippen LogP contribution < -0.4 is 5.32 Å². The highest BCUT2D eigenvalue weighted by molar-refractivity contribution is 6.31. The van der Waals surface area contributed by atoms with Crippen LogP contribution in [0.1, 0.15) is 38.3 Å². The highest BCUT2D eigenvalue weighted by atomic mass is 35.5. The number of rotatable bonds is 9. The summed E-state index contributed by atoms with van der Waals surface area (Å²) in [5, 5.41) is 3.35. The Morgan fingerprint density at radius 3 is 2.65 bits per heavy atom. The van der Waals surface area contributed by atoms with E-state index in [-0.39, 0.29) is 31.1 Å². The maximum Gasteiger partial charge on any atom is 0.338 e. The summed E-state index contributed by atoms with van der Waals surface area (Å²) in [4.78, 5) is 42.3. The van der Waals surface area contributed by atoms with Crippen molar-refractivity contribution in [3.05, 3.63) is 58.8 Å². The highest BCUT2D eigenvalue weighted by Gasteiger charge is 2.40. The Morgan fingerprint density at radius 2 is 1.97 bits per heavy atom. The van der Waals surface area contributed by atoms with Crippen molar-refractivity contribution >= 4 is 29.6 Å². The zero-order chi connectivity index (χ0) is 24.7. The Kier molecular flexibility index (Phi) is 9.12. The Morgan fingerprint density at radius 1 is 1.24 bits per heavy atom. The monoisotopic (exact) mass is 489 g/mol. The number of nitrogens with zero attached hydrogens (tertiary/aromatic N) is 2. The number of carbonyl (C=O) groups is 3. The van der Waals surface area contributed by atoms with Gasteiger partial charge in [-0.3, -0.25) is 14.6 Å². The fourth-order valence-corrected chi connectivity index (χ4v) is 4.70. The van der Waals surface area contributed by atoms with Crippen LogP contribution in [0.5, 0.6) is 0 Å². The van der Waals surface area contributed by atoms with Crippen molar-refractivity contribution in [2.45, 2.75) is 32.7 Å². The molecule has 2 aliphatic rings. The molecule has 3 rings (SSSR count). The first-order chi connectivity index (χ1) is 16.4. The maximum absolute atomic E-state index is 13.2. The molecule has 1 aromatic rings. The largest absolute Gasteiger partial charge is 0.466 e. The van der Waals surface area contributed by atoms with E-state index in [1.807, 2.05) is 0 Å². The van der Waals surface area contributed by atoms with Gasteiger partial charge in [0.05, 0.1) is 30.7 Å². The number of piperidine rings is 1. The fourth-order valence-electron chi connectivity index (χ4n) is 4.45. The number of hydrogen-bond acceptors (Lipinski definition) is 6. The van der Waals surface area contributed by atoms with Gasteiger partial charge in [-0.2, -0.15) is 0 Å². The molecule has 1 aromatic carbocycles. The molecule has 184 valence electrons. The average molecular weight is 490 g/mol. The maximum atomic E-state index is 13.2. The summed E-state index contributed by atoms with van der Waals surface area (Å²) in [6, 6.07) is 5.98. The smallest absolute Gasteiger partial charge is 0.338 e. The van der Waals surface area contributed by atoms with Crippen LogP contribution in [0.3, 0.4) is 0 Å². The number of hydrogen-bond donors (Lipinski definition) is 1. The van der Waals surface area contributed by atoms with Gasteiger partial charge in [0.25, 0.3) is 0 Å². The van der Waals surface area contributed by atoms with E-state index in [4.69, 9.17) is 21.1 Å². The third kappa shape index (κ3) is 5.80. The van der Waals surface area contributed by atoms with Gasteiger partial charge in [-0.15, -0.1) is 6.58 Å². The van der Waals surface area contributed by atoms with E-state index in [2.05, 4.69) is 16.8 Å². The molecule has 0 spiro atoms. The van der Waals surface area contributed by atoms with Crippen LogP contribution in [0.4, 0.5) is 4.79 Å². The predicted molar refractivity (Wildman–Crippen MR) is 129 cm³/mol. The second-order valence-corrected chi connectivity index (χ2v) is 8.62. The van der Waals surface area contributed by atoms with E-state index in [1.54, 1.807) is 44.2 Å². The molecule has 2 atom stereocenters. The first-order valence-corrected chi connectivity index (χ1v) is 12.0. The zero-order valence-corrected chi connectivity index (χ0v) is 20.5. The topological polar surface area (TPSA) is 88.2 Å². The zero-order valence-electron chi connectivity index (χ0n) is 19.7. The van der Waals surface area contributed by atoms with Gasteiger partial charge in [-0.1, -0.05) is 35.9 Å². The summed E-state index contributed by atoms with van der Waals surface area (Å²) < 4.78 is 10.6. The third-order valence-corrected chi connectivity index (χ3v) is 6.30. The van der Waals surface area contributed by atoms with Gasteiger partial charge in [0.15, 0.2) is 0 Å². The van der Waals surface area contributed by atoms with E-state index in [9.17, 15) is 14.4 Å². The number of esters is 2. The molecule has 0 aliphatic carbocycles. The van der Waals surface area contributed by atoms with Crippen LogP contribution in [-0.2, 0) is 19.1 Å². The molecule has 0 saturated carbocycles. The van der Waals surface area contributed by atoms with E-state index in [1.165, 1.54) is 4.90 Å². The fraction of sp³-hybridized carbons (Fsp3) is 0.480. The quantitative estimate of drug-likeness (QED) is 0.420. The Balaban J connectivity index is 2.05. The highest BCUT2D eigenvalue weighted by Crippen LogP contribution is 2.35. The predicted octanol–water partition coefficient (Wildman–Crippen LogP) is 3.68. The Bertz CT molecular complexity index is 964. The number of halogens is 1. The van der Waals surface area contributed by atoms with Gasteiger partial charge >= 0.3 is 18.0 Å². The van der Waals surface area contributed by atoms with Crippen LogP contribution >= 0.6 is 11.6 Å². The molecular weight excluding hydrogens is 458 g/mol. The lowest BCUT2D eigenvalue weighted by atomic mass is 9.93. The molecule has 0 aromatic heterocycles. The van der Waals surface area contributed by atoms with Crippen molar-refractivity contribution in [2.75, 3.05) is 39.4 Å². The molecule has 1 fully saturated rings. The summed E-state index contributed by atoms with van der Waals surface area (Å²) in [5.74, 6) is -0.981. The van der Waals surface area contributed by atoms with E-state index in [0.717, 1.165) is 19.4 Å². The molecule has 0 radical (unpaired) electrons. The second-order valence-electron chi connectivity index (χ2n) is 8.21. The summed E-state index contributed by atoms with van der Waals surface area (Å²) >= 11 is 6.46. The number of likely N-dealkylation sites (tertiary alicyclic amines) is 1. The van der Waals surface area contributed by atoms with Crippen molar-refractivity contribution < 1.29 is 23.9 Å². The first-order valence-electron chi connectivity index (χ1n) is 11.6. The van der Waals surface area contributed by atoms with Crippen molar-refractivity contribution in [1.29, 1.82) is 0 Å². The minimum Gasteiger partial charge on any atom is -0.466 e. The lowest BCUT2D eigenvalue weighted by Gasteiger charge is -2.40. The Labute approximate surface area is 205 Å².